The summed E-state index contributed by atoms with van der Waals surface area (Å²) in [6.45, 7) is 3.62. The van der Waals surface area contributed by atoms with Gasteiger partial charge in [-0.15, -0.1) is 0 Å². The van der Waals surface area contributed by atoms with Crippen LogP contribution in [0.2, 0.25) is 0 Å². The highest BCUT2D eigenvalue weighted by Crippen LogP contribution is 2.70. The summed E-state index contributed by atoms with van der Waals surface area (Å²) >= 11 is 0. The fourth-order valence-electron chi connectivity index (χ4n) is 6.11. The van der Waals surface area contributed by atoms with Gasteiger partial charge in [-0.25, -0.2) is 27.6 Å². The highest BCUT2D eigenvalue weighted by Gasteiger charge is 2.74. The summed E-state index contributed by atoms with van der Waals surface area (Å²) < 4.78 is 37.6. The summed E-state index contributed by atoms with van der Waals surface area (Å²) in [5.74, 6) is 0.999. The average molecular weight is 737 g/mol. The molecule has 0 unspecified atom stereocenters. The van der Waals surface area contributed by atoms with Crippen molar-refractivity contribution in [3.05, 3.63) is 96.1 Å². The molecule has 4 aromatic carbocycles. The number of urea groups is 2. The lowest BCUT2D eigenvalue weighted by molar-refractivity contribution is 0.127. The molecule has 0 saturated heterocycles. The van der Waals surface area contributed by atoms with E-state index in [2.05, 4.69) is 31.9 Å². The first-order valence-corrected chi connectivity index (χ1v) is 18.6. The zero-order valence-electron chi connectivity index (χ0n) is 28.7. The van der Waals surface area contributed by atoms with E-state index in [1.54, 1.807) is 36.4 Å². The average Bonchev–Trinajstić information content (AvgIpc) is 4.01. The van der Waals surface area contributed by atoms with Crippen molar-refractivity contribution in [3.63, 3.8) is 0 Å². The second-order valence-corrected chi connectivity index (χ2v) is 16.1. The first-order valence-electron chi connectivity index (χ1n) is 17.1. The standard InChI is InChI=1S/C38H36N6O8S/c1-21-3-5-27(41-35(47)51-37-17-23(37)18-37)15-31(21)43-33(45)39-25-7-11-29(12-8-25)53(49,50)30-13-9-26(10-14-30)40-34(46)44-32-16-28(6-4-22(32)2)42-36(48)52-38-19-24(38)20-38/h3-16,23-24H,17-20H2,1-2H3,(H,41,47)(H,42,48)(H2,39,43,45)(H2,40,44,46). The van der Waals surface area contributed by atoms with Crippen molar-refractivity contribution in [1.29, 1.82) is 0 Å². The fraction of sp³-hybridized carbons (Fsp3) is 0.263. The second kappa shape index (κ2) is 12.5. The molecule has 0 atom stereocenters. The Morgan fingerprint density at radius 2 is 0.868 bits per heavy atom. The molecule has 0 heterocycles. The van der Waals surface area contributed by atoms with Crippen LogP contribution in [0, 0.1) is 25.7 Å². The summed E-state index contributed by atoms with van der Waals surface area (Å²) in [6, 6.07) is 20.5. The van der Waals surface area contributed by atoms with Gasteiger partial charge in [0.2, 0.25) is 9.84 Å². The molecule has 4 aromatic rings. The predicted molar refractivity (Wildman–Crippen MR) is 197 cm³/mol. The normalized spacial score (nSPS) is 22.5. The van der Waals surface area contributed by atoms with Crippen molar-refractivity contribution in [3.8, 4) is 0 Å². The van der Waals surface area contributed by atoms with Gasteiger partial charge in [0.15, 0.2) is 0 Å². The molecule has 0 radical (unpaired) electrons. The van der Waals surface area contributed by atoms with Gasteiger partial charge in [-0.2, -0.15) is 0 Å². The molecular formula is C38H36N6O8S. The van der Waals surface area contributed by atoms with Crippen molar-refractivity contribution in [2.24, 2.45) is 11.8 Å². The Morgan fingerprint density at radius 1 is 0.528 bits per heavy atom. The number of carbonyl (C=O) groups is 4. The van der Waals surface area contributed by atoms with Gasteiger partial charge in [-0.05, 0) is 123 Å². The predicted octanol–water partition coefficient (Wildman–Crippen LogP) is 7.85. The van der Waals surface area contributed by atoms with Crippen LogP contribution in [0.4, 0.5) is 53.3 Å². The van der Waals surface area contributed by atoms with Crippen LogP contribution in [-0.4, -0.2) is 43.9 Å². The van der Waals surface area contributed by atoms with E-state index < -0.39 is 34.1 Å². The molecule has 4 aliphatic carbocycles. The number of rotatable bonds is 10. The first kappa shape index (κ1) is 34.0. The van der Waals surface area contributed by atoms with E-state index in [-0.39, 0.29) is 21.0 Å². The number of fused-ring (bicyclic) bond motifs is 2. The van der Waals surface area contributed by atoms with Crippen LogP contribution in [0.5, 0.6) is 0 Å². The number of carbonyl (C=O) groups excluding carboxylic acids is 4. The zero-order valence-corrected chi connectivity index (χ0v) is 29.6. The molecule has 8 rings (SSSR count). The van der Waals surface area contributed by atoms with Gasteiger partial charge < -0.3 is 30.7 Å². The van der Waals surface area contributed by atoms with Crippen molar-refractivity contribution >= 4 is 68.2 Å². The van der Waals surface area contributed by atoms with Gasteiger partial charge in [0, 0.05) is 46.0 Å². The number of nitrogens with one attached hydrogen (secondary N) is 6. The summed E-state index contributed by atoms with van der Waals surface area (Å²) in [5, 5.41) is 16.3. The molecule has 53 heavy (non-hydrogen) atoms. The highest BCUT2D eigenvalue weighted by molar-refractivity contribution is 7.91. The first-order chi connectivity index (χ1) is 25.3. The van der Waals surface area contributed by atoms with Crippen molar-refractivity contribution in [1.82, 2.24) is 0 Å². The molecule has 14 nitrogen and oxygen atoms in total. The topological polar surface area (TPSA) is 193 Å². The Morgan fingerprint density at radius 3 is 1.21 bits per heavy atom. The number of sulfone groups is 1. The van der Waals surface area contributed by atoms with Crippen LogP contribution >= 0.6 is 0 Å². The number of anilines is 6. The Balaban J connectivity index is 0.834. The van der Waals surface area contributed by atoms with E-state index in [0.717, 1.165) is 36.8 Å². The van der Waals surface area contributed by atoms with Gasteiger partial charge in [0.05, 0.1) is 9.79 Å². The molecule has 0 aromatic heterocycles. The molecule has 4 aliphatic rings. The SMILES string of the molecule is Cc1ccc(NC(=O)OC23CC2C3)cc1NC(=O)Nc1ccc(S(=O)(=O)c2ccc(NC(=O)Nc3cc(NC(=O)OC45CC4C5)ccc3C)cc2)cc1. The minimum atomic E-state index is -3.92. The lowest BCUT2D eigenvalue weighted by Gasteiger charge is -2.14. The van der Waals surface area contributed by atoms with Gasteiger partial charge in [0.1, 0.15) is 11.2 Å². The van der Waals surface area contributed by atoms with Crippen LogP contribution in [0.25, 0.3) is 0 Å². The molecular weight excluding hydrogens is 701 g/mol. The van der Waals surface area contributed by atoms with Gasteiger partial charge >= 0.3 is 24.2 Å². The number of ether oxygens (including phenoxy) is 2. The largest absolute Gasteiger partial charge is 0.442 e. The number of aryl methyl sites for hydroxylation is 2. The molecule has 4 fully saturated rings. The summed E-state index contributed by atoms with van der Waals surface area (Å²) in [4.78, 5) is 50.0. The lowest BCUT2D eigenvalue weighted by Crippen LogP contribution is -2.21. The third kappa shape index (κ3) is 7.33. The molecule has 15 heteroatoms. The van der Waals surface area contributed by atoms with E-state index in [1.165, 1.54) is 48.5 Å². The number of hydrogen-bond acceptors (Lipinski definition) is 8. The maximum atomic E-state index is 13.4. The number of benzene rings is 4. The highest BCUT2D eigenvalue weighted by atomic mass is 32.2. The van der Waals surface area contributed by atoms with Gasteiger partial charge in [-0.1, -0.05) is 12.1 Å². The van der Waals surface area contributed by atoms with E-state index in [0.29, 0.717) is 46.0 Å². The Kier molecular flexibility index (Phi) is 8.05. The monoisotopic (exact) mass is 736 g/mol. The maximum Gasteiger partial charge on any atom is 0.412 e. The van der Waals surface area contributed by atoms with Crippen LogP contribution in [-0.2, 0) is 19.3 Å². The van der Waals surface area contributed by atoms with E-state index in [1.807, 2.05) is 13.8 Å². The minimum absolute atomic E-state index is 0.00764. The Labute approximate surface area is 304 Å². The van der Waals surface area contributed by atoms with E-state index >= 15 is 0 Å². The zero-order chi connectivity index (χ0) is 37.1. The maximum absolute atomic E-state index is 13.4. The molecule has 4 saturated carbocycles. The van der Waals surface area contributed by atoms with E-state index in [4.69, 9.17) is 9.47 Å². The van der Waals surface area contributed by atoms with E-state index in [9.17, 15) is 27.6 Å². The van der Waals surface area contributed by atoms with Crippen molar-refractivity contribution in [2.75, 3.05) is 31.9 Å². The quantitative estimate of drug-likeness (QED) is 0.0948. The summed E-state index contributed by atoms with van der Waals surface area (Å²) in [5.41, 5.74) is 3.64. The van der Waals surface area contributed by atoms with Crippen LogP contribution in [0.1, 0.15) is 36.8 Å². The van der Waals surface area contributed by atoms with Crippen molar-refractivity contribution in [2.45, 2.75) is 60.5 Å². The molecule has 272 valence electrons. The second-order valence-electron chi connectivity index (χ2n) is 14.1. The lowest BCUT2D eigenvalue weighted by atomic mass is 10.2. The van der Waals surface area contributed by atoms with Crippen LogP contribution in [0.3, 0.4) is 0 Å². The number of amides is 6. The smallest absolute Gasteiger partial charge is 0.412 e. The van der Waals surface area contributed by atoms with Crippen LogP contribution < -0.4 is 31.9 Å². The summed E-state index contributed by atoms with van der Waals surface area (Å²) in [7, 11) is -3.92. The Bertz CT molecular complexity index is 2130. The van der Waals surface area contributed by atoms with Crippen LogP contribution in [0.15, 0.2) is 94.7 Å². The molecule has 6 amide bonds. The fourth-order valence-corrected chi connectivity index (χ4v) is 7.37. The van der Waals surface area contributed by atoms with Crippen molar-refractivity contribution < 1.29 is 37.1 Å². The molecule has 0 bridgehead atoms. The van der Waals surface area contributed by atoms with Gasteiger partial charge in [0.25, 0.3) is 0 Å². The summed E-state index contributed by atoms with van der Waals surface area (Å²) in [6.07, 6.45) is 2.62. The minimum Gasteiger partial charge on any atom is -0.442 e. The third-order valence-corrected chi connectivity index (χ3v) is 11.9. The van der Waals surface area contributed by atoms with Gasteiger partial charge in [-0.3, -0.25) is 10.6 Å². The molecule has 0 aliphatic heterocycles. The Hall–Kier alpha value is -6.09. The molecule has 6 N–H and O–H groups in total. The molecule has 0 spiro atoms. The number of hydrogen-bond donors (Lipinski definition) is 6. The third-order valence-electron chi connectivity index (χ3n) is 10.1.